The van der Waals surface area contributed by atoms with Gasteiger partial charge in [-0.15, -0.1) is 0 Å². The van der Waals surface area contributed by atoms with Crippen LogP contribution < -0.4 is 15.5 Å². The molecular formula is C25H27ClN6O2. The van der Waals surface area contributed by atoms with Gasteiger partial charge in [0.15, 0.2) is 0 Å². The van der Waals surface area contributed by atoms with Gasteiger partial charge in [-0.3, -0.25) is 4.79 Å². The van der Waals surface area contributed by atoms with Crippen molar-refractivity contribution in [3.63, 3.8) is 0 Å². The van der Waals surface area contributed by atoms with Crippen LogP contribution in [-0.4, -0.2) is 53.0 Å². The minimum absolute atomic E-state index is 0.154. The standard InChI is InChI=1S/C25H27ClN6O2/c1-17-16-18(2)28-24(27-17)32-14-12-31(13-15-32)23(33)22(19-6-4-3-5-7-19)30-25(34)29-21-10-8-20(26)9-11-21/h3-11,16,22H,12-15H2,1-2H3,(H2,29,30,34). The number of rotatable bonds is 5. The van der Waals surface area contributed by atoms with Gasteiger partial charge < -0.3 is 20.4 Å². The van der Waals surface area contributed by atoms with E-state index in [0.29, 0.717) is 42.8 Å². The summed E-state index contributed by atoms with van der Waals surface area (Å²) in [7, 11) is 0. The molecule has 2 heterocycles. The fourth-order valence-electron chi connectivity index (χ4n) is 3.92. The van der Waals surface area contributed by atoms with E-state index in [0.717, 1.165) is 17.0 Å². The molecule has 3 amide bonds. The highest BCUT2D eigenvalue weighted by Gasteiger charge is 2.30. The molecule has 0 saturated carbocycles. The van der Waals surface area contributed by atoms with Crippen molar-refractivity contribution < 1.29 is 9.59 Å². The quantitative estimate of drug-likeness (QED) is 0.579. The zero-order chi connectivity index (χ0) is 24.1. The predicted molar refractivity (Wildman–Crippen MR) is 133 cm³/mol. The lowest BCUT2D eigenvalue weighted by atomic mass is 10.1. The molecule has 0 aliphatic carbocycles. The number of hydrogen-bond donors (Lipinski definition) is 2. The Morgan fingerprint density at radius 3 is 2.15 bits per heavy atom. The van der Waals surface area contributed by atoms with Gasteiger partial charge in [-0.1, -0.05) is 41.9 Å². The Hall–Kier alpha value is -3.65. The average molecular weight is 479 g/mol. The smallest absolute Gasteiger partial charge is 0.320 e. The van der Waals surface area contributed by atoms with Crippen LogP contribution in [0.1, 0.15) is 23.0 Å². The molecule has 34 heavy (non-hydrogen) atoms. The molecule has 1 unspecified atom stereocenters. The number of amides is 3. The fraction of sp³-hybridized carbons (Fsp3) is 0.280. The molecule has 1 saturated heterocycles. The molecule has 4 rings (SSSR count). The number of anilines is 2. The van der Waals surface area contributed by atoms with E-state index in [-0.39, 0.29) is 5.91 Å². The number of urea groups is 1. The average Bonchev–Trinajstić information content (AvgIpc) is 2.84. The van der Waals surface area contributed by atoms with Crippen molar-refractivity contribution in [1.82, 2.24) is 20.2 Å². The van der Waals surface area contributed by atoms with Gasteiger partial charge in [0.05, 0.1) is 0 Å². The monoisotopic (exact) mass is 478 g/mol. The highest BCUT2D eigenvalue weighted by Crippen LogP contribution is 2.20. The fourth-order valence-corrected chi connectivity index (χ4v) is 4.05. The van der Waals surface area contributed by atoms with Crippen molar-refractivity contribution in [2.24, 2.45) is 0 Å². The Balaban J connectivity index is 1.44. The topological polar surface area (TPSA) is 90.5 Å². The number of aryl methyl sites for hydroxylation is 2. The second-order valence-corrected chi connectivity index (χ2v) is 8.65. The first-order chi connectivity index (χ1) is 16.4. The molecule has 1 atom stereocenters. The number of halogens is 1. The number of nitrogens with one attached hydrogen (secondary N) is 2. The Bertz CT molecular complexity index is 1130. The molecule has 1 fully saturated rings. The molecule has 2 aromatic carbocycles. The maximum atomic E-state index is 13.5. The lowest BCUT2D eigenvalue weighted by molar-refractivity contribution is -0.133. The highest BCUT2D eigenvalue weighted by molar-refractivity contribution is 6.30. The summed E-state index contributed by atoms with van der Waals surface area (Å²) in [5.41, 5.74) is 3.14. The van der Waals surface area contributed by atoms with E-state index in [9.17, 15) is 9.59 Å². The minimum atomic E-state index is -0.808. The molecular weight excluding hydrogens is 452 g/mol. The molecule has 1 aromatic heterocycles. The van der Waals surface area contributed by atoms with Crippen LogP contribution in [0.15, 0.2) is 60.7 Å². The molecule has 176 valence electrons. The number of piperazine rings is 1. The number of aromatic nitrogens is 2. The van der Waals surface area contributed by atoms with E-state index in [1.165, 1.54) is 0 Å². The maximum absolute atomic E-state index is 13.5. The molecule has 0 spiro atoms. The lowest BCUT2D eigenvalue weighted by Gasteiger charge is -2.36. The normalized spacial score (nSPS) is 14.4. The van der Waals surface area contributed by atoms with Gasteiger partial charge in [-0.25, -0.2) is 14.8 Å². The molecule has 0 radical (unpaired) electrons. The molecule has 1 aliphatic heterocycles. The zero-order valence-electron chi connectivity index (χ0n) is 19.2. The van der Waals surface area contributed by atoms with Crippen LogP contribution in [0.2, 0.25) is 5.02 Å². The summed E-state index contributed by atoms with van der Waals surface area (Å²) in [5.74, 6) is 0.531. The minimum Gasteiger partial charge on any atom is -0.337 e. The third-order valence-electron chi connectivity index (χ3n) is 5.60. The van der Waals surface area contributed by atoms with Crippen LogP contribution in [0.5, 0.6) is 0 Å². The van der Waals surface area contributed by atoms with E-state index >= 15 is 0 Å². The Morgan fingerprint density at radius 1 is 0.912 bits per heavy atom. The van der Waals surface area contributed by atoms with E-state index in [4.69, 9.17) is 11.6 Å². The predicted octanol–water partition coefficient (Wildman–Crippen LogP) is 3.96. The molecule has 0 bridgehead atoms. The zero-order valence-corrected chi connectivity index (χ0v) is 19.9. The number of nitrogens with zero attached hydrogens (tertiary/aromatic N) is 4. The van der Waals surface area contributed by atoms with Crippen molar-refractivity contribution in [2.45, 2.75) is 19.9 Å². The number of hydrogen-bond acceptors (Lipinski definition) is 5. The number of carbonyl (C=O) groups excluding carboxylic acids is 2. The summed E-state index contributed by atoms with van der Waals surface area (Å²) in [5, 5.41) is 6.18. The first-order valence-electron chi connectivity index (χ1n) is 11.1. The third kappa shape index (κ3) is 5.82. The number of carbonyl (C=O) groups is 2. The van der Waals surface area contributed by atoms with Crippen LogP contribution in [0.4, 0.5) is 16.4 Å². The van der Waals surface area contributed by atoms with Gasteiger partial charge in [0.2, 0.25) is 11.9 Å². The first kappa shape index (κ1) is 23.5. The number of benzene rings is 2. The molecule has 3 aromatic rings. The van der Waals surface area contributed by atoms with Gasteiger partial charge in [0, 0.05) is 48.3 Å². The van der Waals surface area contributed by atoms with E-state index in [1.807, 2.05) is 50.2 Å². The summed E-state index contributed by atoms with van der Waals surface area (Å²) in [6.07, 6.45) is 0. The van der Waals surface area contributed by atoms with Gasteiger partial charge in [0.1, 0.15) is 6.04 Å². The van der Waals surface area contributed by atoms with Crippen molar-refractivity contribution >= 4 is 35.2 Å². The SMILES string of the molecule is Cc1cc(C)nc(N2CCN(C(=O)C(NC(=O)Nc3ccc(Cl)cc3)c3ccccc3)CC2)n1. The van der Waals surface area contributed by atoms with Gasteiger partial charge in [0.25, 0.3) is 0 Å². The second-order valence-electron chi connectivity index (χ2n) is 8.21. The van der Waals surface area contributed by atoms with E-state index < -0.39 is 12.1 Å². The second kappa shape index (κ2) is 10.5. The Morgan fingerprint density at radius 2 is 1.53 bits per heavy atom. The van der Waals surface area contributed by atoms with Crippen molar-refractivity contribution in [3.05, 3.63) is 82.6 Å². The Labute approximate surface area is 204 Å². The molecule has 9 heteroatoms. The van der Waals surface area contributed by atoms with Gasteiger partial charge >= 0.3 is 6.03 Å². The summed E-state index contributed by atoms with van der Waals surface area (Å²) >= 11 is 5.92. The molecule has 8 nitrogen and oxygen atoms in total. The van der Waals surface area contributed by atoms with Crippen LogP contribution in [0.3, 0.4) is 0 Å². The maximum Gasteiger partial charge on any atom is 0.320 e. The summed E-state index contributed by atoms with van der Waals surface area (Å²) in [6, 6.07) is 16.7. The molecule has 1 aliphatic rings. The highest BCUT2D eigenvalue weighted by atomic mass is 35.5. The Kier molecular flexibility index (Phi) is 7.27. The van der Waals surface area contributed by atoms with Crippen LogP contribution in [-0.2, 0) is 4.79 Å². The summed E-state index contributed by atoms with van der Waals surface area (Å²) in [4.78, 5) is 39.1. The lowest BCUT2D eigenvalue weighted by Crippen LogP contribution is -2.52. The third-order valence-corrected chi connectivity index (χ3v) is 5.85. The summed E-state index contributed by atoms with van der Waals surface area (Å²) < 4.78 is 0. The van der Waals surface area contributed by atoms with E-state index in [1.54, 1.807) is 29.2 Å². The van der Waals surface area contributed by atoms with Crippen LogP contribution in [0.25, 0.3) is 0 Å². The van der Waals surface area contributed by atoms with Crippen LogP contribution in [0, 0.1) is 13.8 Å². The van der Waals surface area contributed by atoms with Gasteiger partial charge in [-0.05, 0) is 49.7 Å². The van der Waals surface area contributed by atoms with E-state index in [2.05, 4.69) is 25.5 Å². The van der Waals surface area contributed by atoms with Crippen molar-refractivity contribution in [2.75, 3.05) is 36.4 Å². The molecule has 2 N–H and O–H groups in total. The first-order valence-corrected chi connectivity index (χ1v) is 11.5. The van der Waals surface area contributed by atoms with Gasteiger partial charge in [-0.2, -0.15) is 0 Å². The largest absolute Gasteiger partial charge is 0.337 e. The van der Waals surface area contributed by atoms with Crippen molar-refractivity contribution in [3.8, 4) is 0 Å². The van der Waals surface area contributed by atoms with Crippen molar-refractivity contribution in [1.29, 1.82) is 0 Å². The van der Waals surface area contributed by atoms with Crippen LogP contribution >= 0.6 is 11.6 Å². The summed E-state index contributed by atoms with van der Waals surface area (Å²) in [6.45, 7) is 6.16.